The Kier molecular flexibility index (Phi) is 2.96. The summed E-state index contributed by atoms with van der Waals surface area (Å²) >= 11 is 1.64. The molecule has 4 heteroatoms. The van der Waals surface area contributed by atoms with Crippen LogP contribution < -0.4 is 5.73 Å². The summed E-state index contributed by atoms with van der Waals surface area (Å²) in [6.45, 7) is 0.443. The Morgan fingerprint density at radius 2 is 1.94 bits per heavy atom. The lowest BCUT2D eigenvalue weighted by atomic mass is 10.1. The van der Waals surface area contributed by atoms with Gasteiger partial charge in [-0.1, -0.05) is 30.3 Å². The lowest BCUT2D eigenvalue weighted by Crippen LogP contribution is -1.98. The predicted octanol–water partition coefficient (Wildman–Crippen LogP) is 3.53. The van der Waals surface area contributed by atoms with E-state index in [4.69, 9.17) is 10.2 Å². The van der Waals surface area contributed by atoms with Gasteiger partial charge in [-0.2, -0.15) is 0 Å². The van der Waals surface area contributed by atoms with Gasteiger partial charge in [-0.15, -0.1) is 11.3 Å². The summed E-state index contributed by atoms with van der Waals surface area (Å²) in [5.74, 6) is 0. The Hall–Kier alpha value is -1.91. The third-order valence-corrected chi connectivity index (χ3v) is 3.89. The van der Waals surface area contributed by atoms with Gasteiger partial charge in [0.1, 0.15) is 11.3 Å². The SMILES string of the molecule is NCc1nc(-c2ccoc2)sc1-c1ccccc1. The van der Waals surface area contributed by atoms with Crippen LogP contribution in [-0.2, 0) is 6.54 Å². The molecule has 0 aliphatic carbocycles. The van der Waals surface area contributed by atoms with Gasteiger partial charge in [-0.05, 0) is 11.6 Å². The van der Waals surface area contributed by atoms with Crippen molar-refractivity contribution >= 4 is 11.3 Å². The van der Waals surface area contributed by atoms with E-state index < -0.39 is 0 Å². The average Bonchev–Trinajstić information content (AvgIpc) is 3.08. The minimum atomic E-state index is 0.443. The van der Waals surface area contributed by atoms with E-state index in [0.717, 1.165) is 26.7 Å². The van der Waals surface area contributed by atoms with Gasteiger partial charge in [0, 0.05) is 12.1 Å². The fraction of sp³-hybridized carbons (Fsp3) is 0.0714. The van der Waals surface area contributed by atoms with Gasteiger partial charge in [-0.3, -0.25) is 0 Å². The monoisotopic (exact) mass is 256 g/mol. The van der Waals surface area contributed by atoms with Crippen LogP contribution in [0.5, 0.6) is 0 Å². The number of hydrogen-bond acceptors (Lipinski definition) is 4. The number of aromatic nitrogens is 1. The highest BCUT2D eigenvalue weighted by Gasteiger charge is 2.13. The standard InChI is InChI=1S/C14H12N2OS/c15-8-12-13(10-4-2-1-3-5-10)18-14(16-12)11-6-7-17-9-11/h1-7,9H,8,15H2. The van der Waals surface area contributed by atoms with Gasteiger partial charge in [0.2, 0.25) is 0 Å². The zero-order valence-electron chi connectivity index (χ0n) is 9.67. The molecule has 2 heterocycles. The first-order valence-corrected chi connectivity index (χ1v) is 6.48. The number of rotatable bonds is 3. The summed E-state index contributed by atoms with van der Waals surface area (Å²) in [5, 5.41) is 0.947. The van der Waals surface area contributed by atoms with Crippen molar-refractivity contribution in [2.45, 2.75) is 6.54 Å². The molecule has 0 unspecified atom stereocenters. The van der Waals surface area contributed by atoms with Crippen LogP contribution in [0, 0.1) is 0 Å². The van der Waals surface area contributed by atoms with Crippen LogP contribution in [0.3, 0.4) is 0 Å². The Balaban J connectivity index is 2.10. The van der Waals surface area contributed by atoms with Gasteiger partial charge in [0.25, 0.3) is 0 Å². The Morgan fingerprint density at radius 3 is 2.61 bits per heavy atom. The largest absolute Gasteiger partial charge is 0.472 e. The van der Waals surface area contributed by atoms with Crippen LogP contribution in [-0.4, -0.2) is 4.98 Å². The van der Waals surface area contributed by atoms with Crippen molar-refractivity contribution in [1.82, 2.24) is 4.98 Å². The van der Waals surface area contributed by atoms with Crippen molar-refractivity contribution in [3.05, 3.63) is 54.6 Å². The lowest BCUT2D eigenvalue weighted by Gasteiger charge is -1.98. The van der Waals surface area contributed by atoms with E-state index in [1.807, 2.05) is 24.3 Å². The van der Waals surface area contributed by atoms with Crippen molar-refractivity contribution < 1.29 is 4.42 Å². The van der Waals surface area contributed by atoms with E-state index in [1.165, 1.54) is 0 Å². The minimum Gasteiger partial charge on any atom is -0.472 e. The molecule has 2 N–H and O–H groups in total. The topological polar surface area (TPSA) is 52.0 Å². The molecule has 0 aliphatic rings. The molecule has 0 atom stereocenters. The van der Waals surface area contributed by atoms with Crippen molar-refractivity contribution in [3.8, 4) is 21.0 Å². The maximum atomic E-state index is 5.78. The quantitative estimate of drug-likeness (QED) is 0.780. The molecule has 18 heavy (non-hydrogen) atoms. The minimum absolute atomic E-state index is 0.443. The second-order valence-electron chi connectivity index (χ2n) is 3.88. The predicted molar refractivity (Wildman–Crippen MR) is 73.1 cm³/mol. The number of furan rings is 1. The maximum Gasteiger partial charge on any atom is 0.127 e. The Morgan fingerprint density at radius 1 is 1.11 bits per heavy atom. The fourth-order valence-corrected chi connectivity index (χ4v) is 2.90. The lowest BCUT2D eigenvalue weighted by molar-refractivity contribution is 0.568. The zero-order valence-corrected chi connectivity index (χ0v) is 10.5. The Labute approximate surface area is 109 Å². The van der Waals surface area contributed by atoms with Crippen LogP contribution in [0.25, 0.3) is 21.0 Å². The molecule has 3 aromatic rings. The number of thiazole rings is 1. The molecule has 1 aromatic carbocycles. The number of nitrogens with zero attached hydrogens (tertiary/aromatic N) is 1. The molecular formula is C14H12N2OS. The van der Waals surface area contributed by atoms with Crippen LogP contribution in [0.2, 0.25) is 0 Å². The highest BCUT2D eigenvalue weighted by atomic mass is 32.1. The molecule has 3 rings (SSSR count). The van der Waals surface area contributed by atoms with E-state index in [0.29, 0.717) is 6.54 Å². The molecule has 3 nitrogen and oxygen atoms in total. The second kappa shape index (κ2) is 4.76. The number of benzene rings is 1. The Bertz CT molecular complexity index is 629. The first kappa shape index (κ1) is 11.2. The first-order chi connectivity index (χ1) is 8.88. The van der Waals surface area contributed by atoms with Crippen molar-refractivity contribution in [1.29, 1.82) is 0 Å². The summed E-state index contributed by atoms with van der Waals surface area (Å²) in [6.07, 6.45) is 3.36. The molecule has 0 fully saturated rings. The average molecular weight is 256 g/mol. The summed E-state index contributed by atoms with van der Waals surface area (Å²) in [6, 6.07) is 12.1. The number of hydrogen-bond donors (Lipinski definition) is 1. The van der Waals surface area contributed by atoms with Gasteiger partial charge >= 0.3 is 0 Å². The smallest absolute Gasteiger partial charge is 0.127 e. The summed E-state index contributed by atoms with van der Waals surface area (Å²) < 4.78 is 5.09. The maximum absolute atomic E-state index is 5.78. The fourth-order valence-electron chi connectivity index (χ4n) is 1.81. The highest BCUT2D eigenvalue weighted by molar-refractivity contribution is 7.18. The second-order valence-corrected chi connectivity index (χ2v) is 4.88. The third kappa shape index (κ3) is 1.96. The van der Waals surface area contributed by atoms with Crippen LogP contribution in [0.1, 0.15) is 5.69 Å². The molecule has 2 aromatic heterocycles. The summed E-state index contributed by atoms with van der Waals surface area (Å²) in [4.78, 5) is 5.71. The molecule has 0 saturated heterocycles. The molecule has 0 amide bonds. The van der Waals surface area contributed by atoms with Crippen LogP contribution in [0.4, 0.5) is 0 Å². The highest BCUT2D eigenvalue weighted by Crippen LogP contribution is 2.35. The van der Waals surface area contributed by atoms with Gasteiger partial charge < -0.3 is 10.2 Å². The molecule has 0 aliphatic heterocycles. The molecular weight excluding hydrogens is 244 g/mol. The molecule has 0 spiro atoms. The first-order valence-electron chi connectivity index (χ1n) is 5.66. The van der Waals surface area contributed by atoms with E-state index in [2.05, 4.69) is 17.1 Å². The molecule has 90 valence electrons. The normalized spacial score (nSPS) is 10.7. The van der Waals surface area contributed by atoms with Gasteiger partial charge in [0.05, 0.1) is 16.8 Å². The van der Waals surface area contributed by atoms with Gasteiger partial charge in [0.15, 0.2) is 0 Å². The zero-order chi connectivity index (χ0) is 12.4. The summed E-state index contributed by atoms with van der Waals surface area (Å²) in [7, 11) is 0. The van der Waals surface area contributed by atoms with Crippen LogP contribution in [0.15, 0.2) is 53.3 Å². The van der Waals surface area contributed by atoms with E-state index in [1.54, 1.807) is 23.9 Å². The van der Waals surface area contributed by atoms with Crippen molar-refractivity contribution in [2.24, 2.45) is 5.73 Å². The molecule has 0 saturated carbocycles. The van der Waals surface area contributed by atoms with Crippen LogP contribution >= 0.6 is 11.3 Å². The summed E-state index contributed by atoms with van der Waals surface area (Å²) in [5.41, 5.74) is 8.86. The van der Waals surface area contributed by atoms with E-state index in [-0.39, 0.29) is 0 Å². The van der Waals surface area contributed by atoms with E-state index >= 15 is 0 Å². The third-order valence-electron chi connectivity index (χ3n) is 2.69. The number of nitrogens with two attached hydrogens (primary N) is 1. The van der Waals surface area contributed by atoms with Crippen molar-refractivity contribution in [2.75, 3.05) is 0 Å². The van der Waals surface area contributed by atoms with Crippen molar-refractivity contribution in [3.63, 3.8) is 0 Å². The molecule has 0 bridgehead atoms. The van der Waals surface area contributed by atoms with E-state index in [9.17, 15) is 0 Å². The molecule has 0 radical (unpaired) electrons. The van der Waals surface area contributed by atoms with Gasteiger partial charge in [-0.25, -0.2) is 4.98 Å².